The SMILES string of the molecule is CCOc1ccc(C(=O)N2CCCCCCCCN(C(=O)COC)c3ccccc3C2)cc1N1CCCCC1. The third-order valence-corrected chi connectivity index (χ3v) is 7.76. The number of carbonyl (C=O) groups excluding carboxylic acids is 2. The van der Waals surface area contributed by atoms with E-state index in [4.69, 9.17) is 9.47 Å². The van der Waals surface area contributed by atoms with Gasteiger partial charge in [0.25, 0.3) is 11.8 Å². The molecule has 2 aliphatic rings. The minimum absolute atomic E-state index is 0.0238. The summed E-state index contributed by atoms with van der Waals surface area (Å²) < 4.78 is 11.2. The van der Waals surface area contributed by atoms with Gasteiger partial charge < -0.3 is 24.2 Å². The van der Waals surface area contributed by atoms with Crippen molar-refractivity contribution in [2.24, 2.45) is 0 Å². The maximum absolute atomic E-state index is 14.1. The molecule has 7 heteroatoms. The highest BCUT2D eigenvalue weighted by molar-refractivity contribution is 5.97. The number of carbonyl (C=O) groups is 2. The summed E-state index contributed by atoms with van der Waals surface area (Å²) in [6, 6.07) is 13.9. The van der Waals surface area contributed by atoms with Gasteiger partial charge in [-0.05, 0) is 68.9 Å². The summed E-state index contributed by atoms with van der Waals surface area (Å²) >= 11 is 0. The molecular weight excluding hydrogens is 490 g/mol. The highest BCUT2D eigenvalue weighted by Crippen LogP contribution is 2.33. The first-order valence-electron chi connectivity index (χ1n) is 14.8. The van der Waals surface area contributed by atoms with Gasteiger partial charge in [-0.25, -0.2) is 0 Å². The van der Waals surface area contributed by atoms with Crippen LogP contribution in [0.5, 0.6) is 5.75 Å². The lowest BCUT2D eigenvalue weighted by Gasteiger charge is -2.31. The van der Waals surface area contributed by atoms with Gasteiger partial charge in [-0.15, -0.1) is 0 Å². The van der Waals surface area contributed by atoms with Crippen LogP contribution < -0.4 is 14.5 Å². The van der Waals surface area contributed by atoms with Crippen molar-refractivity contribution in [2.45, 2.75) is 71.3 Å². The second-order valence-corrected chi connectivity index (χ2v) is 10.6. The highest BCUT2D eigenvalue weighted by atomic mass is 16.5. The third-order valence-electron chi connectivity index (χ3n) is 7.76. The molecule has 0 spiro atoms. The van der Waals surface area contributed by atoms with Crippen molar-refractivity contribution in [2.75, 3.05) is 56.3 Å². The smallest absolute Gasteiger partial charge is 0.254 e. The number of piperidine rings is 1. The lowest BCUT2D eigenvalue weighted by Crippen LogP contribution is -2.37. The Bertz CT molecular complexity index is 1080. The number of hydrogen-bond acceptors (Lipinski definition) is 5. The van der Waals surface area contributed by atoms with Crippen LogP contribution in [-0.4, -0.2) is 63.2 Å². The Hall–Kier alpha value is -3.06. The fraction of sp³-hybridized carbons (Fsp3) is 0.562. The molecule has 0 N–H and O–H groups in total. The number of fused-ring (bicyclic) bond motifs is 1. The van der Waals surface area contributed by atoms with Gasteiger partial charge in [0.15, 0.2) is 0 Å². The Morgan fingerprint density at radius 2 is 1.46 bits per heavy atom. The quantitative estimate of drug-likeness (QED) is 0.451. The topological polar surface area (TPSA) is 62.3 Å². The van der Waals surface area contributed by atoms with E-state index in [1.807, 2.05) is 59.2 Å². The lowest BCUT2D eigenvalue weighted by molar-refractivity contribution is -0.122. The van der Waals surface area contributed by atoms with Gasteiger partial charge in [0, 0.05) is 51.1 Å². The van der Waals surface area contributed by atoms with Crippen LogP contribution >= 0.6 is 0 Å². The molecule has 212 valence electrons. The molecule has 0 aromatic heterocycles. The van der Waals surface area contributed by atoms with Gasteiger partial charge in [-0.2, -0.15) is 0 Å². The van der Waals surface area contributed by atoms with Crippen LogP contribution in [0, 0.1) is 0 Å². The van der Waals surface area contributed by atoms with Crippen LogP contribution in [0.4, 0.5) is 11.4 Å². The molecule has 0 atom stereocenters. The first-order chi connectivity index (χ1) is 19.1. The molecule has 2 aromatic rings. The Kier molecular flexibility index (Phi) is 11.1. The standard InChI is InChI=1S/C32H45N3O4/c1-3-39-30-18-17-26(23-29(30)33-19-12-8-13-20-33)32(37)34-21-11-6-4-5-7-14-22-35(31(36)25-38-2)28-16-10-9-15-27(28)24-34/h9-10,15-18,23H,3-8,11-14,19-22,24-25H2,1-2H3. The number of methoxy groups -OCH3 is 1. The number of ether oxygens (including phenoxy) is 2. The number of amides is 2. The van der Waals surface area contributed by atoms with Crippen LogP contribution in [0.1, 0.15) is 80.6 Å². The molecule has 4 rings (SSSR count). The van der Waals surface area contributed by atoms with Crippen molar-refractivity contribution in [3.63, 3.8) is 0 Å². The van der Waals surface area contributed by atoms with E-state index in [9.17, 15) is 9.59 Å². The highest BCUT2D eigenvalue weighted by Gasteiger charge is 2.24. The Morgan fingerprint density at radius 1 is 0.795 bits per heavy atom. The van der Waals surface area contributed by atoms with Gasteiger partial charge in [0.1, 0.15) is 12.4 Å². The summed E-state index contributed by atoms with van der Waals surface area (Å²) in [5.41, 5.74) is 3.56. The number of rotatable bonds is 6. The van der Waals surface area contributed by atoms with E-state index >= 15 is 0 Å². The Labute approximate surface area is 234 Å². The summed E-state index contributed by atoms with van der Waals surface area (Å²) in [6.45, 7) is 6.41. The first kappa shape index (κ1) is 28.9. The van der Waals surface area contributed by atoms with Crippen molar-refractivity contribution in [3.8, 4) is 5.75 Å². The first-order valence-corrected chi connectivity index (χ1v) is 14.8. The summed E-state index contributed by atoms with van der Waals surface area (Å²) in [7, 11) is 1.56. The molecule has 2 aliphatic heterocycles. The molecule has 2 amide bonds. The molecule has 0 bridgehead atoms. The van der Waals surface area contributed by atoms with E-state index in [1.54, 1.807) is 7.11 Å². The normalized spacial score (nSPS) is 17.4. The zero-order chi connectivity index (χ0) is 27.5. The number of hydrogen-bond donors (Lipinski definition) is 0. The monoisotopic (exact) mass is 535 g/mol. The summed E-state index contributed by atoms with van der Waals surface area (Å²) in [4.78, 5) is 33.3. The minimum Gasteiger partial charge on any atom is -0.492 e. The largest absolute Gasteiger partial charge is 0.492 e. The van der Waals surface area contributed by atoms with Crippen molar-refractivity contribution >= 4 is 23.2 Å². The second kappa shape index (κ2) is 14.9. The number of nitrogens with zero attached hydrogens (tertiary/aromatic N) is 3. The predicted octanol–water partition coefficient (Wildman–Crippen LogP) is 6.05. The van der Waals surface area contributed by atoms with Crippen LogP contribution in [-0.2, 0) is 16.1 Å². The molecule has 0 saturated carbocycles. The molecule has 0 unspecified atom stereocenters. The van der Waals surface area contributed by atoms with E-state index in [0.717, 1.165) is 87.1 Å². The van der Waals surface area contributed by atoms with Crippen molar-refractivity contribution in [1.29, 1.82) is 0 Å². The van der Waals surface area contributed by atoms with Gasteiger partial charge in [-0.3, -0.25) is 9.59 Å². The van der Waals surface area contributed by atoms with Crippen LogP contribution in [0.15, 0.2) is 42.5 Å². The Morgan fingerprint density at radius 3 is 2.21 bits per heavy atom. The van der Waals surface area contributed by atoms with Crippen molar-refractivity contribution in [1.82, 2.24) is 4.90 Å². The molecular formula is C32H45N3O4. The zero-order valence-electron chi connectivity index (χ0n) is 23.8. The molecule has 1 saturated heterocycles. The van der Waals surface area contributed by atoms with Crippen molar-refractivity contribution < 1.29 is 19.1 Å². The molecule has 39 heavy (non-hydrogen) atoms. The minimum atomic E-state index is -0.0459. The van der Waals surface area contributed by atoms with Gasteiger partial charge >= 0.3 is 0 Å². The summed E-state index contributed by atoms with van der Waals surface area (Å²) in [5, 5.41) is 0. The third kappa shape index (κ3) is 7.75. The predicted molar refractivity (Wildman–Crippen MR) is 157 cm³/mol. The molecule has 2 heterocycles. The molecule has 2 aromatic carbocycles. The van der Waals surface area contributed by atoms with Gasteiger partial charge in [0.05, 0.1) is 12.3 Å². The Balaban J connectivity index is 1.66. The van der Waals surface area contributed by atoms with Crippen molar-refractivity contribution in [3.05, 3.63) is 53.6 Å². The van der Waals surface area contributed by atoms with Gasteiger partial charge in [0.2, 0.25) is 0 Å². The van der Waals surface area contributed by atoms with Crippen LogP contribution in [0.25, 0.3) is 0 Å². The number of benzene rings is 2. The second-order valence-electron chi connectivity index (χ2n) is 10.6. The van der Waals surface area contributed by atoms with E-state index in [1.165, 1.54) is 6.42 Å². The van der Waals surface area contributed by atoms with Crippen LogP contribution in [0.2, 0.25) is 0 Å². The van der Waals surface area contributed by atoms with Gasteiger partial charge in [-0.1, -0.05) is 43.9 Å². The van der Waals surface area contributed by atoms with E-state index < -0.39 is 0 Å². The van der Waals surface area contributed by atoms with E-state index in [2.05, 4.69) is 4.90 Å². The fourth-order valence-corrected chi connectivity index (χ4v) is 5.72. The zero-order valence-corrected chi connectivity index (χ0v) is 23.8. The maximum atomic E-state index is 14.1. The molecule has 0 aliphatic carbocycles. The molecule has 7 nitrogen and oxygen atoms in total. The molecule has 0 radical (unpaired) electrons. The van der Waals surface area contributed by atoms with E-state index in [0.29, 0.717) is 31.8 Å². The average Bonchev–Trinajstić information content (AvgIpc) is 2.98. The number of anilines is 2. The fourth-order valence-electron chi connectivity index (χ4n) is 5.72. The molecule has 1 fully saturated rings. The lowest BCUT2D eigenvalue weighted by atomic mass is 10.1. The summed E-state index contributed by atoms with van der Waals surface area (Å²) in [6.07, 6.45) is 9.95. The van der Waals surface area contributed by atoms with Crippen LogP contribution in [0.3, 0.4) is 0 Å². The van der Waals surface area contributed by atoms with E-state index in [-0.39, 0.29) is 18.4 Å². The summed E-state index contributed by atoms with van der Waals surface area (Å²) in [5.74, 6) is 0.824. The average molecular weight is 536 g/mol. The maximum Gasteiger partial charge on any atom is 0.254 e. The number of para-hydroxylation sites is 1.